The maximum Gasteiger partial charge on any atom is 0.387 e. The monoisotopic (exact) mass is 374 g/mol. The fourth-order valence-corrected chi connectivity index (χ4v) is 4.15. The van der Waals surface area contributed by atoms with E-state index in [1.165, 1.54) is 31.4 Å². The molecule has 0 bridgehead atoms. The average molecular weight is 374 g/mol. The molecule has 0 radical (unpaired) electrons. The smallest absolute Gasteiger partial charge is 0.387 e. The maximum absolute atomic E-state index is 14.7. The minimum absolute atomic E-state index is 0.0294. The summed E-state index contributed by atoms with van der Waals surface area (Å²) < 4.78 is 44.6. The Labute approximate surface area is 158 Å². The fraction of sp³-hybridized carbons (Fsp3) is 0.391. The molecule has 0 N–H and O–H groups in total. The maximum atomic E-state index is 14.7. The van der Waals surface area contributed by atoms with Crippen molar-refractivity contribution < 1.29 is 17.9 Å². The van der Waals surface area contributed by atoms with Crippen molar-refractivity contribution in [2.45, 2.75) is 51.1 Å². The lowest BCUT2D eigenvalue weighted by Gasteiger charge is -2.29. The number of allylic oxidation sites excluding steroid dienone is 1. The van der Waals surface area contributed by atoms with Crippen LogP contribution in [-0.4, -0.2) is 6.61 Å². The Bertz CT molecular complexity index is 820. The van der Waals surface area contributed by atoms with Crippen molar-refractivity contribution in [3.63, 3.8) is 0 Å². The van der Waals surface area contributed by atoms with Gasteiger partial charge in [0.2, 0.25) is 0 Å². The first-order chi connectivity index (χ1) is 13.0. The molecule has 0 unspecified atom stereocenters. The number of halogens is 3. The summed E-state index contributed by atoms with van der Waals surface area (Å²) in [6.45, 7) is 4.30. The van der Waals surface area contributed by atoms with Crippen molar-refractivity contribution in [1.29, 1.82) is 0 Å². The largest absolute Gasteiger partial charge is 0.434 e. The van der Waals surface area contributed by atoms with Crippen LogP contribution in [0.4, 0.5) is 13.2 Å². The molecule has 0 heterocycles. The molecule has 1 nitrogen and oxygen atoms in total. The van der Waals surface area contributed by atoms with Gasteiger partial charge in [-0.1, -0.05) is 36.9 Å². The van der Waals surface area contributed by atoms with E-state index in [4.69, 9.17) is 0 Å². The van der Waals surface area contributed by atoms with Crippen LogP contribution in [0.5, 0.6) is 5.75 Å². The van der Waals surface area contributed by atoms with Gasteiger partial charge >= 0.3 is 6.61 Å². The molecule has 0 amide bonds. The van der Waals surface area contributed by atoms with Gasteiger partial charge in [0, 0.05) is 5.39 Å². The van der Waals surface area contributed by atoms with E-state index in [1.807, 2.05) is 18.2 Å². The molecule has 27 heavy (non-hydrogen) atoms. The molecule has 1 aliphatic rings. The van der Waals surface area contributed by atoms with Gasteiger partial charge in [0.25, 0.3) is 0 Å². The summed E-state index contributed by atoms with van der Waals surface area (Å²) in [5.74, 6) is 0.433. The van der Waals surface area contributed by atoms with E-state index in [2.05, 4.69) is 17.9 Å². The fourth-order valence-electron chi connectivity index (χ4n) is 4.15. The molecule has 2 aromatic rings. The molecule has 4 heteroatoms. The van der Waals surface area contributed by atoms with Gasteiger partial charge < -0.3 is 4.74 Å². The molecular weight excluding hydrogens is 349 g/mol. The Kier molecular flexibility index (Phi) is 6.25. The van der Waals surface area contributed by atoms with Crippen LogP contribution in [0.3, 0.4) is 0 Å². The first-order valence-electron chi connectivity index (χ1n) is 9.47. The second-order valence-corrected chi connectivity index (χ2v) is 7.25. The van der Waals surface area contributed by atoms with Gasteiger partial charge in [-0.25, -0.2) is 4.39 Å². The highest BCUT2D eigenvalue weighted by Crippen LogP contribution is 2.39. The summed E-state index contributed by atoms with van der Waals surface area (Å²) in [5.41, 5.74) is 1.11. The van der Waals surface area contributed by atoms with Crippen molar-refractivity contribution in [2.24, 2.45) is 5.92 Å². The van der Waals surface area contributed by atoms with Gasteiger partial charge in [-0.2, -0.15) is 8.78 Å². The van der Waals surface area contributed by atoms with E-state index >= 15 is 0 Å². The second kappa shape index (κ2) is 8.64. The lowest BCUT2D eigenvalue weighted by molar-refractivity contribution is -0.0500. The zero-order chi connectivity index (χ0) is 19.4. The van der Waals surface area contributed by atoms with E-state index in [0.29, 0.717) is 16.7 Å². The van der Waals surface area contributed by atoms with Crippen LogP contribution < -0.4 is 4.74 Å². The number of alkyl halides is 2. The zero-order valence-electron chi connectivity index (χ0n) is 15.4. The predicted molar refractivity (Wildman–Crippen MR) is 105 cm³/mol. The van der Waals surface area contributed by atoms with E-state index < -0.39 is 12.4 Å². The minimum atomic E-state index is -3.01. The Morgan fingerprint density at radius 2 is 1.85 bits per heavy atom. The van der Waals surface area contributed by atoms with Crippen LogP contribution >= 0.6 is 0 Å². The van der Waals surface area contributed by atoms with Crippen molar-refractivity contribution in [3.8, 4) is 5.75 Å². The van der Waals surface area contributed by atoms with Crippen molar-refractivity contribution in [3.05, 3.63) is 60.4 Å². The van der Waals surface area contributed by atoms with Crippen LogP contribution in [0, 0.1) is 11.7 Å². The number of fused-ring (bicyclic) bond motifs is 1. The number of hydrogen-bond acceptors (Lipinski definition) is 1. The van der Waals surface area contributed by atoms with E-state index in [-0.39, 0.29) is 11.3 Å². The van der Waals surface area contributed by atoms with Crippen LogP contribution in [0.15, 0.2) is 43.5 Å². The standard InChI is InChI=1S/C23H25F3O/c1-3-5-6-15-7-9-16(10-8-15)17-11-12-20-18(13-17)14-21(27-23(25)26)19(4-2)22(20)24/h3-4,11-16,23H,1-2,5-10H2. The van der Waals surface area contributed by atoms with E-state index in [1.54, 1.807) is 6.07 Å². The molecule has 2 aromatic carbocycles. The summed E-state index contributed by atoms with van der Waals surface area (Å²) in [7, 11) is 0. The van der Waals surface area contributed by atoms with Crippen LogP contribution in [0.2, 0.25) is 0 Å². The molecule has 0 spiro atoms. The van der Waals surface area contributed by atoms with E-state index in [9.17, 15) is 13.2 Å². The minimum Gasteiger partial charge on any atom is -0.434 e. The molecule has 1 aliphatic carbocycles. The topological polar surface area (TPSA) is 9.23 Å². The molecular formula is C23H25F3O. The Hall–Kier alpha value is -2.23. The van der Waals surface area contributed by atoms with Crippen LogP contribution in [0.25, 0.3) is 16.8 Å². The summed E-state index contributed by atoms with van der Waals surface area (Å²) in [6.07, 6.45) is 9.99. The molecule has 1 saturated carbocycles. The third-order valence-electron chi connectivity index (χ3n) is 5.62. The van der Waals surface area contributed by atoms with Gasteiger partial charge in [0.05, 0.1) is 5.56 Å². The highest BCUT2D eigenvalue weighted by Gasteiger charge is 2.23. The Morgan fingerprint density at radius 3 is 2.48 bits per heavy atom. The zero-order valence-corrected chi connectivity index (χ0v) is 15.4. The highest BCUT2D eigenvalue weighted by atomic mass is 19.3. The van der Waals surface area contributed by atoms with Gasteiger partial charge in [-0.15, -0.1) is 6.58 Å². The summed E-state index contributed by atoms with van der Waals surface area (Å²) in [4.78, 5) is 0. The van der Waals surface area contributed by atoms with Crippen molar-refractivity contribution in [2.75, 3.05) is 0 Å². The first-order valence-corrected chi connectivity index (χ1v) is 9.47. The predicted octanol–water partition coefficient (Wildman–Crippen LogP) is 7.46. The molecule has 0 atom stereocenters. The quantitative estimate of drug-likeness (QED) is 0.457. The Balaban J connectivity index is 1.86. The van der Waals surface area contributed by atoms with Crippen LogP contribution in [-0.2, 0) is 0 Å². The lowest BCUT2D eigenvalue weighted by Crippen LogP contribution is -2.13. The second-order valence-electron chi connectivity index (χ2n) is 7.25. The SMILES string of the molecule is C=CCCC1CCC(c2ccc3c(F)c(C=C)c(OC(F)F)cc3c2)CC1. The molecule has 0 aliphatic heterocycles. The molecule has 0 aromatic heterocycles. The van der Waals surface area contributed by atoms with Gasteiger partial charge in [0.1, 0.15) is 11.6 Å². The molecule has 0 saturated heterocycles. The molecule has 1 fully saturated rings. The number of rotatable bonds is 7. The third-order valence-corrected chi connectivity index (χ3v) is 5.62. The van der Waals surface area contributed by atoms with E-state index in [0.717, 1.165) is 30.7 Å². The van der Waals surface area contributed by atoms with Crippen molar-refractivity contribution >= 4 is 16.8 Å². The molecule has 144 valence electrons. The summed E-state index contributed by atoms with van der Waals surface area (Å²) in [5, 5.41) is 0.981. The highest BCUT2D eigenvalue weighted by molar-refractivity contribution is 5.88. The van der Waals surface area contributed by atoms with Gasteiger partial charge in [0.15, 0.2) is 0 Å². The van der Waals surface area contributed by atoms with Crippen molar-refractivity contribution in [1.82, 2.24) is 0 Å². The third kappa shape index (κ3) is 4.37. The number of hydrogen-bond donors (Lipinski definition) is 0. The molecule has 3 rings (SSSR count). The van der Waals surface area contributed by atoms with Gasteiger partial charge in [-0.3, -0.25) is 0 Å². The van der Waals surface area contributed by atoms with Crippen LogP contribution in [0.1, 0.15) is 55.6 Å². The number of ether oxygens (including phenoxy) is 1. The lowest BCUT2D eigenvalue weighted by atomic mass is 9.77. The summed E-state index contributed by atoms with van der Waals surface area (Å²) >= 11 is 0. The average Bonchev–Trinajstić information content (AvgIpc) is 2.66. The number of benzene rings is 2. The first kappa shape index (κ1) is 19.5. The normalized spacial score (nSPS) is 20.0. The Morgan fingerprint density at radius 1 is 1.11 bits per heavy atom. The summed E-state index contributed by atoms with van der Waals surface area (Å²) in [6, 6.07) is 7.10. The van der Waals surface area contributed by atoms with Gasteiger partial charge in [-0.05, 0) is 67.4 Å².